The highest BCUT2D eigenvalue weighted by molar-refractivity contribution is 7.87. The van der Waals surface area contributed by atoms with E-state index < -0.39 is 10.1 Å². The lowest BCUT2D eigenvalue weighted by molar-refractivity contribution is 0.252. The van der Waals surface area contributed by atoms with Crippen LogP contribution in [-0.2, 0) is 14.3 Å². The first kappa shape index (κ1) is 13.8. The molecule has 1 fully saturated rings. The van der Waals surface area contributed by atoms with E-state index in [9.17, 15) is 13.2 Å². The van der Waals surface area contributed by atoms with Gasteiger partial charge >= 0.3 is 6.03 Å². The molecule has 1 aromatic rings. The number of aryl methyl sites for hydroxylation is 1. The average Bonchev–Trinajstić information content (AvgIpc) is 2.74. The van der Waals surface area contributed by atoms with Gasteiger partial charge in [-0.05, 0) is 31.5 Å². The molecule has 1 N–H and O–H groups in total. The van der Waals surface area contributed by atoms with Gasteiger partial charge in [-0.25, -0.2) is 4.79 Å². The maximum atomic E-state index is 12.0. The average molecular weight is 284 g/mol. The molecule has 0 aliphatic carbocycles. The van der Waals surface area contributed by atoms with Gasteiger partial charge in [0.15, 0.2) is 0 Å². The third-order valence-corrected chi connectivity index (χ3v) is 4.23. The van der Waals surface area contributed by atoms with Crippen LogP contribution in [0.2, 0.25) is 0 Å². The normalized spacial score (nSPS) is 15.7. The number of nitrogens with one attached hydrogen (secondary N) is 1. The molecule has 1 saturated heterocycles. The SMILES string of the molecule is CCOS(=O)(=O)c1ccc(C)cc1N1CCNC1=O. The van der Waals surface area contributed by atoms with E-state index in [-0.39, 0.29) is 17.5 Å². The first-order chi connectivity index (χ1) is 8.95. The van der Waals surface area contributed by atoms with Gasteiger partial charge in [-0.2, -0.15) is 8.42 Å². The van der Waals surface area contributed by atoms with Crippen molar-refractivity contribution in [3.05, 3.63) is 23.8 Å². The Morgan fingerprint density at radius 2 is 2.16 bits per heavy atom. The number of amides is 2. The number of rotatable bonds is 4. The molecule has 7 heteroatoms. The van der Waals surface area contributed by atoms with Gasteiger partial charge in [0.25, 0.3) is 10.1 Å². The molecule has 1 aromatic carbocycles. The molecule has 0 spiro atoms. The number of nitrogens with zero attached hydrogens (tertiary/aromatic N) is 1. The number of hydrogen-bond acceptors (Lipinski definition) is 4. The lowest BCUT2D eigenvalue weighted by Crippen LogP contribution is -2.29. The van der Waals surface area contributed by atoms with Gasteiger partial charge in [0.1, 0.15) is 4.90 Å². The summed E-state index contributed by atoms with van der Waals surface area (Å²) in [5, 5.41) is 2.65. The molecule has 2 amide bonds. The molecule has 0 bridgehead atoms. The maximum Gasteiger partial charge on any atom is 0.322 e. The standard InChI is InChI=1S/C12H16N2O4S/c1-3-18-19(16,17)11-5-4-9(2)8-10(11)14-7-6-13-12(14)15/h4-5,8H,3,6-7H2,1-2H3,(H,13,15). The third-order valence-electron chi connectivity index (χ3n) is 2.80. The summed E-state index contributed by atoms with van der Waals surface area (Å²) in [7, 11) is -3.84. The van der Waals surface area contributed by atoms with Crippen molar-refractivity contribution in [2.24, 2.45) is 0 Å². The van der Waals surface area contributed by atoms with Crippen molar-refractivity contribution in [3.8, 4) is 0 Å². The smallest absolute Gasteiger partial charge is 0.322 e. The fourth-order valence-corrected chi connectivity index (χ4v) is 3.07. The second kappa shape index (κ2) is 5.18. The van der Waals surface area contributed by atoms with Crippen molar-refractivity contribution >= 4 is 21.8 Å². The number of hydrogen-bond donors (Lipinski definition) is 1. The molecule has 19 heavy (non-hydrogen) atoms. The minimum absolute atomic E-state index is 0.0250. The highest BCUT2D eigenvalue weighted by Crippen LogP contribution is 2.29. The maximum absolute atomic E-state index is 12.0. The van der Waals surface area contributed by atoms with E-state index in [1.807, 2.05) is 6.92 Å². The van der Waals surface area contributed by atoms with Gasteiger partial charge in [0.05, 0.1) is 12.3 Å². The second-order valence-corrected chi connectivity index (χ2v) is 5.80. The highest BCUT2D eigenvalue weighted by Gasteiger charge is 2.28. The Morgan fingerprint density at radius 3 is 2.74 bits per heavy atom. The van der Waals surface area contributed by atoms with Gasteiger partial charge in [-0.15, -0.1) is 0 Å². The minimum atomic E-state index is -3.84. The first-order valence-electron chi connectivity index (χ1n) is 6.01. The largest absolute Gasteiger partial charge is 0.336 e. The van der Waals surface area contributed by atoms with Crippen molar-refractivity contribution in [2.75, 3.05) is 24.6 Å². The number of carbonyl (C=O) groups excluding carboxylic acids is 1. The molecule has 0 radical (unpaired) electrons. The first-order valence-corrected chi connectivity index (χ1v) is 7.42. The highest BCUT2D eigenvalue weighted by atomic mass is 32.2. The van der Waals surface area contributed by atoms with E-state index in [0.29, 0.717) is 18.8 Å². The van der Waals surface area contributed by atoms with Crippen molar-refractivity contribution in [3.63, 3.8) is 0 Å². The Morgan fingerprint density at radius 1 is 1.42 bits per heavy atom. The summed E-state index contributed by atoms with van der Waals surface area (Å²) in [6.45, 7) is 4.45. The van der Waals surface area contributed by atoms with Crippen LogP contribution >= 0.6 is 0 Å². The Hall–Kier alpha value is -1.60. The number of anilines is 1. The Balaban J connectivity index is 2.53. The monoisotopic (exact) mass is 284 g/mol. The Labute approximate surface area is 112 Å². The fraction of sp³-hybridized carbons (Fsp3) is 0.417. The molecule has 0 unspecified atom stereocenters. The van der Waals surface area contributed by atoms with Crippen molar-refractivity contribution in [2.45, 2.75) is 18.7 Å². The van der Waals surface area contributed by atoms with E-state index in [0.717, 1.165) is 5.56 Å². The zero-order valence-electron chi connectivity index (χ0n) is 10.8. The summed E-state index contributed by atoms with van der Waals surface area (Å²) in [5.74, 6) is 0. The summed E-state index contributed by atoms with van der Waals surface area (Å²) in [5.41, 5.74) is 1.24. The summed E-state index contributed by atoms with van der Waals surface area (Å²) >= 11 is 0. The molecule has 1 heterocycles. The minimum Gasteiger partial charge on any atom is -0.336 e. The summed E-state index contributed by atoms with van der Waals surface area (Å²) in [4.78, 5) is 13.1. The predicted molar refractivity (Wildman–Crippen MR) is 70.7 cm³/mol. The lowest BCUT2D eigenvalue weighted by atomic mass is 10.2. The van der Waals surface area contributed by atoms with Gasteiger partial charge < -0.3 is 5.32 Å². The van der Waals surface area contributed by atoms with Crippen molar-refractivity contribution < 1.29 is 17.4 Å². The molecule has 104 valence electrons. The summed E-state index contributed by atoms with van der Waals surface area (Å²) in [6.07, 6.45) is 0. The molecule has 0 atom stereocenters. The van der Waals surface area contributed by atoms with Crippen LogP contribution < -0.4 is 10.2 Å². The van der Waals surface area contributed by atoms with Crippen LogP contribution in [0.25, 0.3) is 0 Å². The van der Waals surface area contributed by atoms with Crippen LogP contribution in [0.1, 0.15) is 12.5 Å². The molecule has 1 aliphatic heterocycles. The van der Waals surface area contributed by atoms with Crippen LogP contribution in [0, 0.1) is 6.92 Å². The van der Waals surface area contributed by atoms with Crippen LogP contribution in [0.5, 0.6) is 0 Å². The van der Waals surface area contributed by atoms with Crippen molar-refractivity contribution in [1.82, 2.24) is 5.32 Å². The van der Waals surface area contributed by atoms with Gasteiger partial charge in [0, 0.05) is 13.1 Å². The van der Waals surface area contributed by atoms with Crippen LogP contribution in [-0.4, -0.2) is 34.1 Å². The molecule has 0 saturated carbocycles. The molecule has 0 aromatic heterocycles. The quantitative estimate of drug-likeness (QED) is 0.844. The van der Waals surface area contributed by atoms with E-state index in [2.05, 4.69) is 5.32 Å². The Kier molecular flexibility index (Phi) is 3.77. The van der Waals surface area contributed by atoms with E-state index in [4.69, 9.17) is 4.18 Å². The topological polar surface area (TPSA) is 75.7 Å². The number of urea groups is 1. The molecule has 6 nitrogen and oxygen atoms in total. The van der Waals surface area contributed by atoms with Crippen LogP contribution in [0.4, 0.5) is 10.5 Å². The molecular weight excluding hydrogens is 268 g/mol. The zero-order chi connectivity index (χ0) is 14.0. The summed E-state index contributed by atoms with van der Waals surface area (Å²) in [6, 6.07) is 4.54. The van der Waals surface area contributed by atoms with Gasteiger partial charge in [-0.1, -0.05) is 6.07 Å². The molecular formula is C12H16N2O4S. The van der Waals surface area contributed by atoms with E-state index in [1.54, 1.807) is 19.1 Å². The van der Waals surface area contributed by atoms with Crippen molar-refractivity contribution in [1.29, 1.82) is 0 Å². The number of benzene rings is 1. The van der Waals surface area contributed by atoms with Crippen LogP contribution in [0.15, 0.2) is 23.1 Å². The zero-order valence-corrected chi connectivity index (χ0v) is 11.7. The second-order valence-electron chi connectivity index (χ2n) is 4.22. The Bertz CT molecular complexity index is 598. The lowest BCUT2D eigenvalue weighted by Gasteiger charge is -2.18. The van der Waals surface area contributed by atoms with E-state index >= 15 is 0 Å². The van der Waals surface area contributed by atoms with Crippen LogP contribution in [0.3, 0.4) is 0 Å². The number of carbonyl (C=O) groups is 1. The fourth-order valence-electron chi connectivity index (χ4n) is 1.97. The van der Waals surface area contributed by atoms with E-state index in [1.165, 1.54) is 11.0 Å². The predicted octanol–water partition coefficient (Wildman–Crippen LogP) is 1.25. The molecule has 2 rings (SSSR count). The summed E-state index contributed by atoms with van der Waals surface area (Å²) < 4.78 is 28.9. The van der Waals surface area contributed by atoms with Gasteiger partial charge in [0.2, 0.25) is 0 Å². The third kappa shape index (κ3) is 2.71. The molecule has 1 aliphatic rings. The van der Waals surface area contributed by atoms with Gasteiger partial charge in [-0.3, -0.25) is 9.08 Å².